The smallest absolute Gasteiger partial charge is 0.220 e. The van der Waals surface area contributed by atoms with E-state index in [0.717, 1.165) is 58.3 Å². The quantitative estimate of drug-likeness (QED) is 0.0305. The Labute approximate surface area is 667 Å². The number of allylic oxidation sites excluding steroid dienone is 1. The van der Waals surface area contributed by atoms with Crippen molar-refractivity contribution in [1.82, 2.24) is 10.6 Å². The van der Waals surface area contributed by atoms with E-state index in [9.17, 15) is 96.4 Å². The first-order valence-electron chi connectivity index (χ1n) is 42.7. The van der Waals surface area contributed by atoms with Gasteiger partial charge in [-0.05, 0) is 33.1 Å². The molecule has 2 amide bonds. The summed E-state index contributed by atoms with van der Waals surface area (Å²) < 4.78 is 72.5. The maximum atomic E-state index is 13.6. The van der Waals surface area contributed by atoms with E-state index in [1.807, 2.05) is 6.08 Å². The summed E-state index contributed by atoms with van der Waals surface area (Å²) in [6.45, 7) is 3.60. The summed E-state index contributed by atoms with van der Waals surface area (Å²) >= 11 is 0. The lowest BCUT2D eigenvalue weighted by Gasteiger charge is -2.52. The normalized spacial score (nSPS) is 37.0. The summed E-state index contributed by atoms with van der Waals surface area (Å²) in [5.74, 6) is -1.23. The second-order valence-corrected chi connectivity index (χ2v) is 32.0. The topological polar surface area (TPSA) is 513 Å². The van der Waals surface area contributed by atoms with Gasteiger partial charge in [0.15, 0.2) is 37.7 Å². The van der Waals surface area contributed by atoms with Crippen molar-refractivity contribution >= 4 is 11.8 Å². The molecule has 0 aromatic carbocycles. The number of aliphatic hydroxyl groups excluding tert-OH is 17. The Hall–Kier alpha value is -2.48. The Balaban J connectivity index is 1.11. The lowest BCUT2D eigenvalue weighted by Crippen LogP contribution is -2.71. The molecular formula is C80H146N2O31. The van der Waals surface area contributed by atoms with Gasteiger partial charge in [-0.25, -0.2) is 0 Å². The molecule has 6 saturated heterocycles. The van der Waals surface area contributed by atoms with Gasteiger partial charge in [0.1, 0.15) is 134 Å². The second kappa shape index (κ2) is 54.0. The summed E-state index contributed by atoms with van der Waals surface area (Å²) in [5, 5.41) is 196. The van der Waals surface area contributed by atoms with Gasteiger partial charge in [-0.3, -0.25) is 9.59 Å². The Morgan fingerprint density at radius 3 is 1.19 bits per heavy atom. The molecule has 0 saturated carbocycles. The van der Waals surface area contributed by atoms with Gasteiger partial charge >= 0.3 is 0 Å². The van der Waals surface area contributed by atoms with Crippen LogP contribution in [0.1, 0.15) is 253 Å². The third-order valence-corrected chi connectivity index (χ3v) is 22.7. The zero-order chi connectivity index (χ0) is 82.5. The van der Waals surface area contributed by atoms with Crippen LogP contribution in [0.15, 0.2) is 12.2 Å². The van der Waals surface area contributed by atoms with Gasteiger partial charge in [-0.2, -0.15) is 0 Å². The van der Waals surface area contributed by atoms with Gasteiger partial charge in [-0.15, -0.1) is 0 Å². The maximum Gasteiger partial charge on any atom is 0.220 e. The van der Waals surface area contributed by atoms with Crippen LogP contribution >= 0.6 is 0 Å². The highest BCUT2D eigenvalue weighted by molar-refractivity contribution is 5.76. The van der Waals surface area contributed by atoms with Crippen molar-refractivity contribution in [1.29, 1.82) is 0 Å². The Morgan fingerprint density at radius 1 is 0.363 bits per heavy atom. The summed E-state index contributed by atoms with van der Waals surface area (Å²) in [5.41, 5.74) is 0. The number of carbonyl (C=O) groups is 2. The Bertz CT molecular complexity index is 2540. The zero-order valence-corrected chi connectivity index (χ0v) is 67.5. The fourth-order valence-electron chi connectivity index (χ4n) is 15.6. The number of aliphatic hydroxyl groups is 17. The fraction of sp³-hybridized carbons (Fsp3) is 0.950. The van der Waals surface area contributed by atoms with E-state index in [1.165, 1.54) is 162 Å². The van der Waals surface area contributed by atoms with E-state index in [1.54, 1.807) is 6.08 Å². The summed E-state index contributed by atoms with van der Waals surface area (Å²) in [7, 11) is 0. The number of hydrogen-bond donors (Lipinski definition) is 19. The molecule has 0 radical (unpaired) electrons. The Morgan fingerprint density at radius 2 is 0.726 bits per heavy atom. The van der Waals surface area contributed by atoms with Crippen molar-refractivity contribution in [3.8, 4) is 0 Å². The third kappa shape index (κ3) is 31.5. The van der Waals surface area contributed by atoms with E-state index in [0.29, 0.717) is 12.8 Å². The van der Waals surface area contributed by atoms with Crippen molar-refractivity contribution in [2.45, 2.75) is 449 Å². The van der Waals surface area contributed by atoms with Crippen LogP contribution in [0.5, 0.6) is 0 Å². The molecule has 0 aromatic heterocycles. The average Bonchev–Trinajstić information content (AvgIpc) is 0.758. The van der Waals surface area contributed by atoms with Crippen molar-refractivity contribution in [2.24, 2.45) is 0 Å². The van der Waals surface area contributed by atoms with E-state index in [-0.39, 0.29) is 12.3 Å². The van der Waals surface area contributed by atoms with Gasteiger partial charge < -0.3 is 154 Å². The van der Waals surface area contributed by atoms with Crippen LogP contribution in [0.4, 0.5) is 0 Å². The molecule has 6 aliphatic heterocycles. The van der Waals surface area contributed by atoms with Crippen LogP contribution < -0.4 is 10.6 Å². The van der Waals surface area contributed by atoms with Gasteiger partial charge in [-0.1, -0.05) is 219 Å². The number of carbonyl (C=O) groups excluding carboxylic acids is 2. The number of rotatable bonds is 55. The van der Waals surface area contributed by atoms with Crippen LogP contribution in [-0.4, -0.2) is 328 Å². The molecule has 662 valence electrons. The lowest BCUT2D eigenvalue weighted by molar-refractivity contribution is -0.401. The first kappa shape index (κ1) is 99.3. The molecule has 33 nitrogen and oxygen atoms in total. The molecule has 0 aliphatic carbocycles. The summed E-state index contributed by atoms with van der Waals surface area (Å²) in [6.07, 6.45) is -13.0. The maximum absolute atomic E-state index is 13.6. The van der Waals surface area contributed by atoms with Gasteiger partial charge in [0, 0.05) is 13.3 Å². The predicted octanol–water partition coefficient (Wildman–Crippen LogP) is 1.83. The molecule has 12 unspecified atom stereocenters. The van der Waals surface area contributed by atoms with Gasteiger partial charge in [0.25, 0.3) is 0 Å². The third-order valence-electron chi connectivity index (χ3n) is 22.7. The first-order chi connectivity index (χ1) is 54.3. The number of hydrogen-bond acceptors (Lipinski definition) is 31. The summed E-state index contributed by atoms with van der Waals surface area (Å²) in [6, 6.07) is -2.95. The van der Waals surface area contributed by atoms with Crippen molar-refractivity contribution < 1.29 is 153 Å². The molecule has 33 heteroatoms. The Kier molecular flexibility index (Phi) is 47.5. The first-order valence-corrected chi connectivity index (χ1v) is 42.7. The highest BCUT2D eigenvalue weighted by Gasteiger charge is 2.59. The van der Waals surface area contributed by atoms with Crippen LogP contribution in [0.2, 0.25) is 0 Å². The molecule has 32 atom stereocenters. The van der Waals surface area contributed by atoms with Crippen LogP contribution in [0.25, 0.3) is 0 Å². The monoisotopic (exact) mass is 1630 g/mol. The molecule has 0 spiro atoms. The molecule has 6 aliphatic rings. The van der Waals surface area contributed by atoms with Gasteiger partial charge in [0.05, 0.1) is 57.4 Å². The summed E-state index contributed by atoms with van der Waals surface area (Å²) in [4.78, 5) is 27.0. The molecule has 6 rings (SSSR count). The largest absolute Gasteiger partial charge is 0.394 e. The van der Waals surface area contributed by atoms with Crippen LogP contribution in [-0.2, 0) is 66.4 Å². The van der Waals surface area contributed by atoms with E-state index >= 15 is 0 Å². The minimum absolute atomic E-state index is 0.175. The van der Waals surface area contributed by atoms with Crippen LogP contribution in [0.3, 0.4) is 0 Å². The van der Waals surface area contributed by atoms with Crippen LogP contribution in [0, 0.1) is 0 Å². The highest BCUT2D eigenvalue weighted by Crippen LogP contribution is 2.39. The second-order valence-electron chi connectivity index (χ2n) is 32.0. The lowest BCUT2D eigenvalue weighted by atomic mass is 9.93. The number of unbranched alkanes of at least 4 members (excludes halogenated alkanes) is 31. The number of nitrogens with one attached hydrogen (secondary N) is 2. The van der Waals surface area contributed by atoms with Gasteiger partial charge in [0.2, 0.25) is 11.8 Å². The van der Waals surface area contributed by atoms with E-state index in [4.69, 9.17) is 56.8 Å². The van der Waals surface area contributed by atoms with Crippen molar-refractivity contribution in [2.75, 3.05) is 33.0 Å². The minimum Gasteiger partial charge on any atom is -0.394 e. The molecule has 0 aromatic rings. The molecule has 6 heterocycles. The molecule has 113 heavy (non-hydrogen) atoms. The zero-order valence-electron chi connectivity index (χ0n) is 67.5. The predicted molar refractivity (Wildman–Crippen MR) is 407 cm³/mol. The standard InChI is InChI=1S/C80H146N2O31/c1-6-8-10-12-14-16-18-20-21-22-23-24-25-26-27-29-31-33-35-37-39-41-56(89)82-50(51(88)40-38-36-34-32-30-28-19-17-15-13-11-9-7-2)46-102-76-68(100)65(97)70(54(44-85)108-76)109-79-69(101)73(61(93)53(43-84)105-79)112-75-57(81-49(5)87)72(111-77-66(98)62(94)58(90)47(3)103-77)71(55(45-86)107-75)110-80-74(64(96)60(92)52(42-83)106-80)113-78-67(99)63(95)59(91)48(4)104-78/h38,40,47-48,50-55,57-80,83-86,88,90-101H,6-37,39,41-46H2,1-5H3,(H,81,87)(H,82,89)/b40-38+/t47?,48?,50-,51+,52?,53?,54?,55?,57?,58+,59+,60-,61-,62?,63?,64-,65+,66-,67-,68?,69?,70+,71+,72+,73-,74?,75-,76+,77+,78+,79-,80-/m0/s1. The van der Waals surface area contributed by atoms with E-state index in [2.05, 4.69) is 24.5 Å². The van der Waals surface area contributed by atoms with E-state index < -0.39 is 235 Å². The molecular weight excluding hydrogens is 1480 g/mol. The minimum atomic E-state index is -2.24. The van der Waals surface area contributed by atoms with Crippen molar-refractivity contribution in [3.63, 3.8) is 0 Å². The number of ether oxygens (including phenoxy) is 12. The molecule has 19 N–H and O–H groups in total. The highest BCUT2D eigenvalue weighted by atomic mass is 16.8. The molecule has 0 bridgehead atoms. The average molecular weight is 1630 g/mol. The fourth-order valence-corrected chi connectivity index (χ4v) is 15.6. The van der Waals surface area contributed by atoms with Crippen molar-refractivity contribution in [3.05, 3.63) is 12.2 Å². The molecule has 6 fully saturated rings. The number of amides is 2. The SMILES string of the molecule is CCCCCCCCCCCCC/C=C/[C@@H](O)[C@H](CO[C@@H]1OC(CO)[C@@H](O[C@@H]2OC(CO)[C@H](O)[C@H](O[C@@H]3OC(CO)[C@@H](O[C@@H]4OC(CO)[C@H](O)[C@H](O)C4O[C@H]4OC(C)[C@@H](O)C(O)[C@@H]4O)[C@H](O[C@H]4OC(C)[C@@H](O)C(O)[C@@H]4O)C3NC(C)=O)C2O)[C@H](O)C1O)NC(=O)CCCCCCCCCCCCCCCCCCCCCCC.